The first-order valence-electron chi connectivity index (χ1n) is 7.00. The van der Waals surface area contributed by atoms with Gasteiger partial charge in [-0.1, -0.05) is 25.4 Å². The molecule has 2 aromatic rings. The van der Waals surface area contributed by atoms with Crippen molar-refractivity contribution in [2.75, 3.05) is 13.1 Å². The molecule has 5 nitrogen and oxygen atoms in total. The van der Waals surface area contributed by atoms with Crippen LogP contribution in [0.4, 0.5) is 0 Å². The summed E-state index contributed by atoms with van der Waals surface area (Å²) < 4.78 is 1.50. The zero-order chi connectivity index (χ0) is 15.7. The van der Waals surface area contributed by atoms with Crippen LogP contribution in [0, 0.1) is 6.92 Å². The van der Waals surface area contributed by atoms with E-state index in [1.54, 1.807) is 20.0 Å². The number of hydrogen-bond acceptors (Lipinski definition) is 4. The van der Waals surface area contributed by atoms with E-state index in [1.165, 1.54) is 4.57 Å². The van der Waals surface area contributed by atoms with Gasteiger partial charge in [0.05, 0.1) is 17.0 Å². The van der Waals surface area contributed by atoms with Crippen molar-refractivity contribution in [2.24, 2.45) is 7.05 Å². The number of aromatic hydroxyl groups is 1. The molecule has 1 aromatic carbocycles. The Bertz CT molecular complexity index is 736. The molecule has 0 spiro atoms. The Hall–Kier alpha value is -1.59. The highest BCUT2D eigenvalue weighted by Gasteiger charge is 2.17. The van der Waals surface area contributed by atoms with Crippen LogP contribution in [0.25, 0.3) is 10.9 Å². The second kappa shape index (κ2) is 6.03. The molecule has 0 aliphatic carbocycles. The van der Waals surface area contributed by atoms with Crippen LogP contribution in [-0.4, -0.2) is 32.6 Å². The monoisotopic (exact) mass is 309 g/mol. The highest BCUT2D eigenvalue weighted by atomic mass is 35.5. The number of hydrogen-bond donors (Lipinski definition) is 1. The van der Waals surface area contributed by atoms with E-state index >= 15 is 0 Å². The predicted octanol–water partition coefficient (Wildman–Crippen LogP) is 2.44. The lowest BCUT2D eigenvalue weighted by molar-refractivity contribution is 0.283. The van der Waals surface area contributed by atoms with E-state index in [-0.39, 0.29) is 22.2 Å². The van der Waals surface area contributed by atoms with Crippen LogP contribution in [0.3, 0.4) is 0 Å². The molecule has 0 saturated carbocycles. The highest BCUT2D eigenvalue weighted by Crippen LogP contribution is 2.30. The lowest BCUT2D eigenvalue weighted by Crippen LogP contribution is -2.29. The van der Waals surface area contributed by atoms with E-state index in [0.717, 1.165) is 13.1 Å². The third kappa shape index (κ3) is 2.76. The minimum Gasteiger partial charge on any atom is -0.505 e. The second-order valence-electron chi connectivity index (χ2n) is 5.10. The molecule has 6 heteroatoms. The summed E-state index contributed by atoms with van der Waals surface area (Å²) in [5.74, 6) is 0.640. The normalized spacial score (nSPS) is 11.5. The Morgan fingerprint density at radius 2 is 2.00 bits per heavy atom. The Morgan fingerprint density at radius 1 is 1.38 bits per heavy atom. The molecule has 0 atom stereocenters. The van der Waals surface area contributed by atoms with Gasteiger partial charge in [0.2, 0.25) is 0 Å². The van der Waals surface area contributed by atoms with Crippen molar-refractivity contribution < 1.29 is 5.11 Å². The molecule has 0 aliphatic rings. The maximum absolute atomic E-state index is 12.5. The Kier molecular flexibility index (Phi) is 4.54. The summed E-state index contributed by atoms with van der Waals surface area (Å²) in [6.07, 6.45) is 0. The Morgan fingerprint density at radius 3 is 2.57 bits per heavy atom. The average Bonchev–Trinajstić information content (AvgIpc) is 2.46. The second-order valence-corrected chi connectivity index (χ2v) is 5.51. The van der Waals surface area contributed by atoms with Crippen molar-refractivity contribution in [3.05, 3.63) is 32.8 Å². The van der Waals surface area contributed by atoms with Crippen LogP contribution < -0.4 is 5.56 Å². The van der Waals surface area contributed by atoms with Crippen molar-refractivity contribution >= 4 is 22.5 Å². The van der Waals surface area contributed by atoms with Crippen LogP contribution in [0.15, 0.2) is 10.9 Å². The molecule has 0 saturated heterocycles. The van der Waals surface area contributed by atoms with Gasteiger partial charge in [-0.05, 0) is 31.6 Å². The van der Waals surface area contributed by atoms with Crippen molar-refractivity contribution in [3.8, 4) is 5.75 Å². The summed E-state index contributed by atoms with van der Waals surface area (Å²) >= 11 is 6.15. The average molecular weight is 310 g/mol. The number of aryl methyl sites for hydroxylation is 1. The van der Waals surface area contributed by atoms with Gasteiger partial charge in [-0.15, -0.1) is 0 Å². The van der Waals surface area contributed by atoms with Crippen molar-refractivity contribution in [3.63, 3.8) is 0 Å². The topological polar surface area (TPSA) is 58.4 Å². The van der Waals surface area contributed by atoms with Gasteiger partial charge < -0.3 is 5.11 Å². The number of benzene rings is 1. The fourth-order valence-electron chi connectivity index (χ4n) is 2.34. The molecular weight excluding hydrogens is 290 g/mol. The van der Waals surface area contributed by atoms with Crippen molar-refractivity contribution in [2.45, 2.75) is 27.3 Å². The highest BCUT2D eigenvalue weighted by molar-refractivity contribution is 6.35. The molecule has 0 bridgehead atoms. The molecule has 1 aromatic heterocycles. The predicted molar refractivity (Wildman–Crippen MR) is 85.0 cm³/mol. The zero-order valence-corrected chi connectivity index (χ0v) is 13.5. The zero-order valence-electron chi connectivity index (χ0n) is 12.8. The number of halogens is 1. The fraction of sp³-hybridized carbons (Fsp3) is 0.467. The maximum Gasteiger partial charge on any atom is 0.262 e. The number of nitrogens with zero attached hydrogens (tertiary/aromatic N) is 3. The van der Waals surface area contributed by atoms with Crippen LogP contribution in [0.1, 0.15) is 25.2 Å². The maximum atomic E-state index is 12.5. The molecule has 0 unspecified atom stereocenters. The first-order chi connectivity index (χ1) is 9.90. The van der Waals surface area contributed by atoms with E-state index in [4.69, 9.17) is 11.6 Å². The molecule has 0 aliphatic heterocycles. The van der Waals surface area contributed by atoms with E-state index in [2.05, 4.69) is 23.7 Å². The number of aromatic nitrogens is 2. The van der Waals surface area contributed by atoms with Gasteiger partial charge in [-0.2, -0.15) is 0 Å². The largest absolute Gasteiger partial charge is 0.505 e. The molecule has 1 heterocycles. The third-order valence-electron chi connectivity index (χ3n) is 3.82. The molecule has 0 amide bonds. The van der Waals surface area contributed by atoms with Gasteiger partial charge in [0.25, 0.3) is 5.56 Å². The Balaban J connectivity index is 2.73. The molecule has 1 N–H and O–H groups in total. The lowest BCUT2D eigenvalue weighted by Gasteiger charge is -2.19. The van der Waals surface area contributed by atoms with Gasteiger partial charge >= 0.3 is 0 Å². The van der Waals surface area contributed by atoms with E-state index < -0.39 is 0 Å². The van der Waals surface area contributed by atoms with Crippen molar-refractivity contribution in [1.29, 1.82) is 0 Å². The number of rotatable bonds is 4. The third-order valence-corrected chi connectivity index (χ3v) is 4.12. The Labute approximate surface area is 128 Å². The van der Waals surface area contributed by atoms with Crippen molar-refractivity contribution in [1.82, 2.24) is 14.5 Å². The minimum absolute atomic E-state index is 0.0212. The van der Waals surface area contributed by atoms with E-state index in [0.29, 0.717) is 23.0 Å². The van der Waals surface area contributed by atoms with Crippen LogP contribution >= 0.6 is 11.6 Å². The summed E-state index contributed by atoms with van der Waals surface area (Å²) in [5, 5.41) is 10.8. The summed E-state index contributed by atoms with van der Waals surface area (Å²) in [6.45, 7) is 8.14. The molecule has 2 rings (SSSR count). The summed E-state index contributed by atoms with van der Waals surface area (Å²) in [7, 11) is 1.68. The SMILES string of the molecule is CCN(CC)Cc1nc2c(O)c(C)cc(Cl)c2c(=O)n1C. The number of phenols is 1. The van der Waals surface area contributed by atoms with Gasteiger partial charge in [0.15, 0.2) is 0 Å². The van der Waals surface area contributed by atoms with Crippen LogP contribution in [-0.2, 0) is 13.6 Å². The summed E-state index contributed by atoms with van der Waals surface area (Å²) in [6, 6.07) is 1.59. The van der Waals surface area contributed by atoms with Gasteiger partial charge in [0, 0.05) is 7.05 Å². The lowest BCUT2D eigenvalue weighted by atomic mass is 10.1. The summed E-state index contributed by atoms with van der Waals surface area (Å²) in [5.41, 5.74) is 0.662. The van der Waals surface area contributed by atoms with E-state index in [9.17, 15) is 9.90 Å². The van der Waals surface area contributed by atoms with Crippen LogP contribution in [0.2, 0.25) is 5.02 Å². The summed E-state index contributed by atoms with van der Waals surface area (Å²) in [4.78, 5) is 19.1. The van der Waals surface area contributed by atoms with Gasteiger partial charge in [0.1, 0.15) is 17.1 Å². The first-order valence-corrected chi connectivity index (χ1v) is 7.38. The molecular formula is C15H20ClN3O2. The first kappa shape index (κ1) is 15.8. The minimum atomic E-state index is -0.234. The van der Waals surface area contributed by atoms with Crippen LogP contribution in [0.5, 0.6) is 5.75 Å². The number of fused-ring (bicyclic) bond motifs is 1. The molecule has 0 fully saturated rings. The van der Waals surface area contributed by atoms with Gasteiger partial charge in [-0.3, -0.25) is 14.3 Å². The van der Waals surface area contributed by atoms with Gasteiger partial charge in [-0.25, -0.2) is 4.98 Å². The standard InChI is InChI=1S/C15H20ClN3O2/c1-5-19(6-2)8-11-17-13-12(15(21)18(11)4)10(16)7-9(3)14(13)20/h7,20H,5-6,8H2,1-4H3. The van der Waals surface area contributed by atoms with E-state index in [1.807, 2.05) is 0 Å². The number of phenolic OH excluding ortho intramolecular Hbond substituents is 1. The quantitative estimate of drug-likeness (QED) is 0.942. The molecule has 21 heavy (non-hydrogen) atoms. The fourth-order valence-corrected chi connectivity index (χ4v) is 2.67. The smallest absolute Gasteiger partial charge is 0.262 e. The molecule has 0 radical (unpaired) electrons. The molecule has 114 valence electrons.